The van der Waals surface area contributed by atoms with Crippen molar-refractivity contribution in [1.82, 2.24) is 0 Å². The van der Waals surface area contributed by atoms with Crippen LogP contribution in [0.5, 0.6) is 0 Å². The van der Waals surface area contributed by atoms with Gasteiger partial charge in [0.05, 0.1) is 0 Å². The molecule has 10 rings (SSSR count). The molecule has 0 atom stereocenters. The van der Waals surface area contributed by atoms with Gasteiger partial charge in [-0.3, -0.25) is 0 Å². The lowest BCUT2D eigenvalue weighted by atomic mass is 9.58. The molecule has 0 aliphatic carbocycles. The summed E-state index contributed by atoms with van der Waals surface area (Å²) in [6.45, 7) is 0. The van der Waals surface area contributed by atoms with Crippen LogP contribution < -0.4 is 81.9 Å². The fraction of sp³-hybridized carbons (Fsp3) is 0. The van der Waals surface area contributed by atoms with E-state index >= 15 is 0 Å². The molecule has 62 heavy (non-hydrogen) atoms. The van der Waals surface area contributed by atoms with Crippen LogP contribution in [0.2, 0.25) is 0 Å². The maximum absolute atomic E-state index is 7.23. The van der Waals surface area contributed by atoms with Crippen LogP contribution in [-0.2, 0) is 0 Å². The van der Waals surface area contributed by atoms with Gasteiger partial charge in [0.15, 0.2) is 0 Å². The predicted octanol–water partition coefficient (Wildman–Crippen LogP) is -4.89. The summed E-state index contributed by atoms with van der Waals surface area (Å²) in [5.41, 5.74) is 3.95. The van der Waals surface area contributed by atoms with Gasteiger partial charge >= 0.3 is 0 Å². The Kier molecular flexibility index (Phi) is 9.50. The summed E-state index contributed by atoms with van der Waals surface area (Å²) in [6, 6.07) is 26.6. The minimum absolute atomic E-state index is 0.00637. The van der Waals surface area contributed by atoms with Gasteiger partial charge in [-0.1, -0.05) is 116 Å². The Bertz CT molecular complexity index is 3620. The van der Waals surface area contributed by atoms with Crippen molar-refractivity contribution in [3.05, 3.63) is 78.9 Å². The molecule has 10 aromatic rings. The van der Waals surface area contributed by atoms with Gasteiger partial charge in [0.1, 0.15) is 129 Å². The molecule has 0 aliphatic rings. The zero-order chi connectivity index (χ0) is 44.0. The number of rotatable bonds is 3. The molecule has 0 spiro atoms. The highest BCUT2D eigenvalue weighted by Gasteiger charge is 2.29. The zero-order valence-corrected chi connectivity index (χ0v) is 33.1. The summed E-state index contributed by atoms with van der Waals surface area (Å²) < 4.78 is 6.20. The van der Waals surface area contributed by atoms with Gasteiger partial charge in [0, 0.05) is 10.8 Å². The lowest BCUT2D eigenvalue weighted by Gasteiger charge is -2.30. The molecule has 1 heterocycles. The van der Waals surface area contributed by atoms with Crippen LogP contribution in [0.1, 0.15) is 0 Å². The Morgan fingerprint density at radius 1 is 0.274 bits per heavy atom. The average molecular weight is 744 g/mol. The molecule has 16 heteroatoms. The van der Waals surface area contributed by atoms with E-state index in [4.69, 9.17) is 122 Å². The van der Waals surface area contributed by atoms with Gasteiger partial charge in [-0.25, -0.2) is 0 Å². The summed E-state index contributed by atoms with van der Waals surface area (Å²) in [5.74, 6) is 0. The summed E-state index contributed by atoms with van der Waals surface area (Å²) in [4.78, 5) is 0. The summed E-state index contributed by atoms with van der Waals surface area (Å²) in [6.07, 6.45) is 0. The molecule has 1 nitrogen and oxygen atoms in total. The fourth-order valence-corrected chi connectivity index (χ4v) is 9.29. The molecule has 0 aliphatic heterocycles. The van der Waals surface area contributed by atoms with Crippen LogP contribution in [0, 0.1) is 0 Å². The van der Waals surface area contributed by atoms with Crippen LogP contribution in [0.25, 0.3) is 98.4 Å². The number of fused-ring (bicyclic) bond motifs is 8. The first-order valence-electron chi connectivity index (χ1n) is 19.3. The molecule has 0 amide bonds. The van der Waals surface area contributed by atoms with Crippen LogP contribution in [0.15, 0.2) is 83.3 Å². The van der Waals surface area contributed by atoms with Crippen molar-refractivity contribution < 1.29 is 4.42 Å². The fourth-order valence-electron chi connectivity index (χ4n) is 9.29. The molecule has 30 radical (unpaired) electrons. The van der Waals surface area contributed by atoms with Crippen LogP contribution in [0.4, 0.5) is 0 Å². The summed E-state index contributed by atoms with van der Waals surface area (Å²) in [7, 11) is 102. The van der Waals surface area contributed by atoms with Crippen molar-refractivity contribution in [2.45, 2.75) is 0 Å². The first kappa shape index (κ1) is 40.8. The Morgan fingerprint density at radius 3 is 1.26 bits per heavy atom. The highest BCUT2D eigenvalue weighted by atomic mass is 16.3. The Hall–Kier alpha value is -5.21. The normalized spacial score (nSPS) is 11.9. The topological polar surface area (TPSA) is 13.1 Å². The van der Waals surface area contributed by atoms with E-state index < -0.39 is 0 Å². The lowest BCUT2D eigenvalue weighted by molar-refractivity contribution is 0.675. The minimum atomic E-state index is -0.0330. The summed E-state index contributed by atoms with van der Waals surface area (Å²) in [5, 5.41) is 6.08. The molecule has 248 valence electrons. The van der Waals surface area contributed by atoms with E-state index in [0.717, 1.165) is 32.7 Å². The average Bonchev–Trinajstić information content (AvgIpc) is 3.70. The maximum atomic E-state index is 7.23. The molecule has 0 saturated carbocycles. The number of hydrogen-bond acceptors (Lipinski definition) is 1. The van der Waals surface area contributed by atoms with Gasteiger partial charge in [0.2, 0.25) is 0 Å². The number of furan rings is 1. The smallest absolute Gasteiger partial charge is 0.127 e. The molecule has 0 N–H and O–H groups in total. The molecule has 0 bridgehead atoms. The van der Waals surface area contributed by atoms with E-state index in [1.807, 2.05) is 48.5 Å². The van der Waals surface area contributed by atoms with Crippen molar-refractivity contribution in [3.63, 3.8) is 0 Å². The summed E-state index contributed by atoms with van der Waals surface area (Å²) >= 11 is 0. The third-order valence-corrected chi connectivity index (χ3v) is 12.4. The van der Waals surface area contributed by atoms with Crippen molar-refractivity contribution in [2.24, 2.45) is 0 Å². The van der Waals surface area contributed by atoms with E-state index in [2.05, 4.69) is 30.3 Å². The highest BCUT2D eigenvalue weighted by Crippen LogP contribution is 2.42. The van der Waals surface area contributed by atoms with Gasteiger partial charge in [0.25, 0.3) is 0 Å². The molecule has 1 aromatic heterocycles. The standard InChI is InChI=1S/C46H13B15O/c47-30-27(35(52)43(60)45-28(30)29-36(53)41(58)42(59)44(61)46(29)62-45)22-25-23(31(48)37(54)39(56)33(25)50)21(24-26(22)34(51)40(57)38(55)32(24)49)16-8-5-7-14(12-16)20-13-15-6-1-2-9-17(15)18-10-3-4-11-19(18)20/h1-13H. The molecule has 9 aromatic carbocycles. The Balaban J connectivity index is 1.42. The monoisotopic (exact) mass is 746 g/mol. The number of hydrogen-bond donors (Lipinski definition) is 0. The number of benzene rings is 9. The van der Waals surface area contributed by atoms with Gasteiger partial charge in [-0.05, 0) is 88.6 Å². The van der Waals surface area contributed by atoms with Crippen molar-refractivity contribution in [3.8, 4) is 33.4 Å². The van der Waals surface area contributed by atoms with E-state index in [9.17, 15) is 0 Å². The van der Waals surface area contributed by atoms with Gasteiger partial charge < -0.3 is 4.42 Å². The predicted molar refractivity (Wildman–Crippen MR) is 281 cm³/mol. The van der Waals surface area contributed by atoms with Crippen LogP contribution in [-0.4, -0.2) is 118 Å². The van der Waals surface area contributed by atoms with E-state index in [1.165, 1.54) is 0 Å². The maximum Gasteiger partial charge on any atom is 0.127 e. The van der Waals surface area contributed by atoms with Crippen molar-refractivity contribution in [2.75, 3.05) is 0 Å². The molecule has 0 fully saturated rings. The second kappa shape index (κ2) is 14.4. The second-order valence-electron chi connectivity index (χ2n) is 15.6. The van der Waals surface area contributed by atoms with Gasteiger partial charge in [-0.15, -0.1) is 32.8 Å². The highest BCUT2D eigenvalue weighted by molar-refractivity contribution is 6.73. The Morgan fingerprint density at radius 2 is 0.694 bits per heavy atom. The quantitative estimate of drug-likeness (QED) is 0.101. The Labute approximate surface area is 379 Å². The second-order valence-corrected chi connectivity index (χ2v) is 15.6. The molecule has 0 unspecified atom stereocenters. The van der Waals surface area contributed by atoms with E-state index in [-0.39, 0.29) is 126 Å². The lowest BCUT2D eigenvalue weighted by Crippen LogP contribution is -2.50. The first-order valence-corrected chi connectivity index (χ1v) is 19.3. The largest absolute Gasteiger partial charge is 0.457 e. The zero-order valence-electron chi connectivity index (χ0n) is 33.1. The van der Waals surface area contributed by atoms with Crippen LogP contribution >= 0.6 is 0 Å². The SMILES string of the molecule is [B]c1c([B])c([B])c2c(oc3c([B])c([B])c(-c4c5c([B])c([B])c([B])c([B])c5c(-c5cccc(-c6cc7ccccc7c7ccccc67)c5)c5c([B])c([B])c([B])c([B])c45)c([B])c32)c1[B]. The van der Waals surface area contributed by atoms with Crippen molar-refractivity contribution >= 4 is 265 Å². The van der Waals surface area contributed by atoms with Crippen LogP contribution in [0.3, 0.4) is 0 Å². The van der Waals surface area contributed by atoms with E-state index in [1.54, 1.807) is 0 Å². The molecular weight excluding hydrogens is 731 g/mol. The van der Waals surface area contributed by atoms with Crippen molar-refractivity contribution in [1.29, 1.82) is 0 Å². The first-order chi connectivity index (χ1) is 29.6. The molecule has 0 saturated heterocycles. The molecular formula is C46H13B15O. The minimum Gasteiger partial charge on any atom is -0.457 e. The van der Waals surface area contributed by atoms with E-state index in [0.29, 0.717) is 21.9 Å². The third kappa shape index (κ3) is 5.44. The third-order valence-electron chi connectivity index (χ3n) is 12.4. The van der Waals surface area contributed by atoms with Gasteiger partial charge in [-0.2, -0.15) is 0 Å².